The van der Waals surface area contributed by atoms with E-state index in [-0.39, 0.29) is 11.6 Å². The molecule has 18 heavy (non-hydrogen) atoms. The molecule has 0 fully saturated rings. The Labute approximate surface area is 104 Å². The van der Waals surface area contributed by atoms with Crippen LogP contribution < -0.4 is 5.32 Å². The van der Waals surface area contributed by atoms with E-state index >= 15 is 0 Å². The van der Waals surface area contributed by atoms with Crippen LogP contribution in [0, 0.1) is 12.7 Å². The fourth-order valence-corrected chi connectivity index (χ4v) is 1.59. The molecule has 0 bridgehead atoms. The molecule has 0 aliphatic heterocycles. The summed E-state index contributed by atoms with van der Waals surface area (Å²) in [6.45, 7) is 3.50. The predicted octanol–water partition coefficient (Wildman–Crippen LogP) is 2.53. The molecule has 94 valence electrons. The molecule has 2 aromatic rings. The van der Waals surface area contributed by atoms with Gasteiger partial charge in [0.1, 0.15) is 11.9 Å². The number of nitrogens with one attached hydrogen (secondary N) is 1. The summed E-state index contributed by atoms with van der Waals surface area (Å²) in [6, 6.07) is 5.93. The van der Waals surface area contributed by atoms with Crippen molar-refractivity contribution in [3.63, 3.8) is 0 Å². The summed E-state index contributed by atoms with van der Waals surface area (Å²) in [7, 11) is 0. The molecule has 0 aliphatic carbocycles. The molecule has 1 aromatic carbocycles. The normalized spacial score (nSPS) is 12.2. The number of carbonyl (C=O) groups excluding carboxylic acids is 1. The lowest BCUT2D eigenvalue weighted by Gasteiger charge is -2.13. The van der Waals surface area contributed by atoms with Crippen molar-refractivity contribution in [1.82, 2.24) is 9.78 Å². The molecule has 0 radical (unpaired) electrons. The zero-order valence-corrected chi connectivity index (χ0v) is 10.2. The van der Waals surface area contributed by atoms with Crippen molar-refractivity contribution in [2.45, 2.75) is 19.9 Å². The van der Waals surface area contributed by atoms with E-state index in [1.165, 1.54) is 10.7 Å². The third-order valence-corrected chi connectivity index (χ3v) is 2.68. The van der Waals surface area contributed by atoms with E-state index in [1.54, 1.807) is 44.4 Å². The molecule has 1 unspecified atom stereocenters. The van der Waals surface area contributed by atoms with Gasteiger partial charge in [-0.05, 0) is 37.6 Å². The van der Waals surface area contributed by atoms with Crippen molar-refractivity contribution < 1.29 is 9.18 Å². The number of carbonyl (C=O) groups is 1. The molecule has 2 rings (SSSR count). The van der Waals surface area contributed by atoms with Crippen molar-refractivity contribution in [2.75, 3.05) is 5.32 Å². The molecule has 0 aliphatic rings. The molecule has 1 heterocycles. The molecule has 1 amide bonds. The van der Waals surface area contributed by atoms with Gasteiger partial charge in [0.05, 0.1) is 5.69 Å². The monoisotopic (exact) mass is 247 g/mol. The highest BCUT2D eigenvalue weighted by molar-refractivity contribution is 5.93. The van der Waals surface area contributed by atoms with Crippen LogP contribution in [-0.4, -0.2) is 15.7 Å². The number of aromatic nitrogens is 2. The van der Waals surface area contributed by atoms with Gasteiger partial charge < -0.3 is 5.32 Å². The second-order valence-electron chi connectivity index (χ2n) is 4.13. The zero-order chi connectivity index (χ0) is 13.1. The van der Waals surface area contributed by atoms with Gasteiger partial charge in [-0.3, -0.25) is 9.48 Å². The van der Waals surface area contributed by atoms with Crippen LogP contribution in [0.5, 0.6) is 0 Å². The van der Waals surface area contributed by atoms with Gasteiger partial charge in [-0.15, -0.1) is 0 Å². The smallest absolute Gasteiger partial charge is 0.249 e. The Morgan fingerprint density at radius 2 is 2.28 bits per heavy atom. The average molecular weight is 247 g/mol. The van der Waals surface area contributed by atoms with Gasteiger partial charge in [0.2, 0.25) is 5.91 Å². The number of hydrogen-bond donors (Lipinski definition) is 1. The Morgan fingerprint density at radius 3 is 2.89 bits per heavy atom. The topological polar surface area (TPSA) is 46.9 Å². The second kappa shape index (κ2) is 5.00. The summed E-state index contributed by atoms with van der Waals surface area (Å²) in [5.41, 5.74) is 0.996. The minimum atomic E-state index is -0.485. The summed E-state index contributed by atoms with van der Waals surface area (Å²) in [4.78, 5) is 11.9. The zero-order valence-electron chi connectivity index (χ0n) is 10.2. The molecule has 0 saturated heterocycles. The first-order valence-corrected chi connectivity index (χ1v) is 5.64. The van der Waals surface area contributed by atoms with Gasteiger partial charge in [0, 0.05) is 12.4 Å². The van der Waals surface area contributed by atoms with Gasteiger partial charge in [0.15, 0.2) is 0 Å². The highest BCUT2D eigenvalue weighted by Crippen LogP contribution is 2.17. The van der Waals surface area contributed by atoms with E-state index in [9.17, 15) is 9.18 Å². The average Bonchev–Trinajstić information content (AvgIpc) is 2.85. The number of aryl methyl sites for hydroxylation is 1. The third kappa shape index (κ3) is 2.56. The SMILES string of the molecule is Cc1ccc(NC(=O)C(C)n2cccn2)c(F)c1. The lowest BCUT2D eigenvalue weighted by molar-refractivity contribution is -0.119. The van der Waals surface area contributed by atoms with E-state index in [1.807, 2.05) is 0 Å². The van der Waals surface area contributed by atoms with Gasteiger partial charge in [-0.25, -0.2) is 4.39 Å². The van der Waals surface area contributed by atoms with Crippen molar-refractivity contribution in [3.8, 4) is 0 Å². The molecule has 4 nitrogen and oxygen atoms in total. The minimum absolute atomic E-state index is 0.185. The lowest BCUT2D eigenvalue weighted by atomic mass is 10.2. The van der Waals surface area contributed by atoms with E-state index in [4.69, 9.17) is 0 Å². The number of nitrogens with zero attached hydrogens (tertiary/aromatic N) is 2. The first kappa shape index (κ1) is 12.3. The molecule has 0 saturated carbocycles. The number of rotatable bonds is 3. The summed E-state index contributed by atoms with van der Waals surface area (Å²) in [6.07, 6.45) is 3.28. The van der Waals surface area contributed by atoms with Crippen molar-refractivity contribution in [3.05, 3.63) is 48.0 Å². The lowest BCUT2D eigenvalue weighted by Crippen LogP contribution is -2.24. The standard InChI is InChI=1S/C13H14FN3O/c1-9-4-5-12(11(14)8-9)16-13(18)10(2)17-7-3-6-15-17/h3-8,10H,1-2H3,(H,16,18). The summed E-state index contributed by atoms with van der Waals surface area (Å²) in [5, 5.41) is 6.53. The number of anilines is 1. The maximum absolute atomic E-state index is 13.6. The Kier molecular flexibility index (Phi) is 3.41. The number of benzene rings is 1. The Morgan fingerprint density at radius 1 is 1.50 bits per heavy atom. The molecule has 1 aromatic heterocycles. The molecule has 1 N–H and O–H groups in total. The highest BCUT2D eigenvalue weighted by Gasteiger charge is 2.16. The highest BCUT2D eigenvalue weighted by atomic mass is 19.1. The van der Waals surface area contributed by atoms with Crippen LogP contribution in [0.2, 0.25) is 0 Å². The van der Waals surface area contributed by atoms with Gasteiger partial charge in [0.25, 0.3) is 0 Å². The van der Waals surface area contributed by atoms with E-state index in [0.29, 0.717) is 0 Å². The molecular formula is C13H14FN3O. The fourth-order valence-electron chi connectivity index (χ4n) is 1.59. The van der Waals surface area contributed by atoms with Gasteiger partial charge in [-0.2, -0.15) is 5.10 Å². The number of hydrogen-bond acceptors (Lipinski definition) is 2. The Hall–Kier alpha value is -2.17. The summed E-state index contributed by atoms with van der Waals surface area (Å²) >= 11 is 0. The quantitative estimate of drug-likeness (QED) is 0.906. The van der Waals surface area contributed by atoms with Crippen LogP contribution in [-0.2, 0) is 4.79 Å². The van der Waals surface area contributed by atoms with Gasteiger partial charge >= 0.3 is 0 Å². The maximum Gasteiger partial charge on any atom is 0.249 e. The fraction of sp³-hybridized carbons (Fsp3) is 0.231. The predicted molar refractivity (Wildman–Crippen MR) is 66.7 cm³/mol. The molecule has 5 heteroatoms. The molecular weight excluding hydrogens is 233 g/mol. The Balaban J connectivity index is 2.12. The van der Waals surface area contributed by atoms with E-state index < -0.39 is 11.9 Å². The Bertz CT molecular complexity index is 551. The van der Waals surface area contributed by atoms with Crippen LogP contribution in [0.25, 0.3) is 0 Å². The third-order valence-electron chi connectivity index (χ3n) is 2.68. The van der Waals surface area contributed by atoms with Crippen LogP contribution >= 0.6 is 0 Å². The van der Waals surface area contributed by atoms with Gasteiger partial charge in [-0.1, -0.05) is 6.07 Å². The van der Waals surface area contributed by atoms with Crippen molar-refractivity contribution in [1.29, 1.82) is 0 Å². The van der Waals surface area contributed by atoms with Crippen molar-refractivity contribution in [2.24, 2.45) is 0 Å². The second-order valence-corrected chi connectivity index (χ2v) is 4.13. The molecule has 0 spiro atoms. The minimum Gasteiger partial charge on any atom is -0.322 e. The summed E-state index contributed by atoms with van der Waals surface area (Å²) < 4.78 is 15.1. The van der Waals surface area contributed by atoms with Crippen LogP contribution in [0.15, 0.2) is 36.7 Å². The van der Waals surface area contributed by atoms with Crippen molar-refractivity contribution >= 4 is 11.6 Å². The van der Waals surface area contributed by atoms with E-state index in [2.05, 4.69) is 10.4 Å². The number of halogens is 1. The first-order chi connectivity index (χ1) is 8.58. The largest absolute Gasteiger partial charge is 0.322 e. The first-order valence-electron chi connectivity index (χ1n) is 5.64. The van der Waals surface area contributed by atoms with Crippen LogP contribution in [0.4, 0.5) is 10.1 Å². The van der Waals surface area contributed by atoms with Crippen LogP contribution in [0.3, 0.4) is 0 Å². The van der Waals surface area contributed by atoms with E-state index in [0.717, 1.165) is 5.56 Å². The van der Waals surface area contributed by atoms with Crippen LogP contribution in [0.1, 0.15) is 18.5 Å². The number of amides is 1. The maximum atomic E-state index is 13.6. The summed E-state index contributed by atoms with van der Waals surface area (Å²) in [5.74, 6) is -0.738. The molecule has 1 atom stereocenters.